The molecule has 0 amide bonds. The van der Waals surface area contributed by atoms with Gasteiger partial charge in [0.05, 0.1) is 4.92 Å². The first kappa shape index (κ1) is 12.5. The van der Waals surface area contributed by atoms with E-state index >= 15 is 0 Å². The monoisotopic (exact) mass is 274 g/mol. The van der Waals surface area contributed by atoms with Crippen molar-refractivity contribution in [1.29, 1.82) is 0 Å². The van der Waals surface area contributed by atoms with E-state index in [2.05, 4.69) is 15.2 Å². The highest BCUT2D eigenvalue weighted by Gasteiger charge is 2.22. The van der Waals surface area contributed by atoms with Gasteiger partial charge in [0.25, 0.3) is 5.69 Å². The first-order valence-electron chi connectivity index (χ1n) is 6.31. The van der Waals surface area contributed by atoms with Gasteiger partial charge in [-0.1, -0.05) is 0 Å². The summed E-state index contributed by atoms with van der Waals surface area (Å²) in [5.41, 5.74) is 6.67. The highest BCUT2D eigenvalue weighted by molar-refractivity contribution is 5.58. The average molecular weight is 274 g/mol. The van der Waals surface area contributed by atoms with Crippen LogP contribution in [0, 0.1) is 10.1 Å². The van der Waals surface area contributed by atoms with Gasteiger partial charge in [-0.05, 0) is 18.6 Å². The fourth-order valence-electron chi connectivity index (χ4n) is 2.23. The van der Waals surface area contributed by atoms with E-state index in [-0.39, 0.29) is 11.7 Å². The molecule has 1 saturated heterocycles. The molecule has 8 nitrogen and oxygen atoms in total. The molecule has 1 fully saturated rings. The van der Waals surface area contributed by atoms with E-state index in [9.17, 15) is 10.1 Å². The van der Waals surface area contributed by atoms with E-state index in [1.165, 1.54) is 12.1 Å². The summed E-state index contributed by atoms with van der Waals surface area (Å²) in [6.45, 7) is 1.59. The van der Waals surface area contributed by atoms with Crippen LogP contribution in [0.5, 0.6) is 0 Å². The number of nitrogens with zero attached hydrogens (tertiary/aromatic N) is 4. The molecule has 0 saturated carbocycles. The Labute approximate surface area is 114 Å². The predicted molar refractivity (Wildman–Crippen MR) is 73.3 cm³/mol. The summed E-state index contributed by atoms with van der Waals surface area (Å²) in [5.74, 6) is 1.21. The van der Waals surface area contributed by atoms with Crippen LogP contribution in [-0.4, -0.2) is 39.2 Å². The Hall–Kier alpha value is -2.48. The van der Waals surface area contributed by atoms with Crippen LogP contribution in [0.1, 0.15) is 6.42 Å². The van der Waals surface area contributed by atoms with Crippen molar-refractivity contribution in [3.8, 4) is 11.4 Å². The molecule has 0 spiro atoms. The quantitative estimate of drug-likeness (QED) is 0.635. The number of benzene rings is 1. The topological polar surface area (TPSA) is 114 Å². The van der Waals surface area contributed by atoms with Gasteiger partial charge < -0.3 is 10.6 Å². The number of nitrogens with two attached hydrogens (primary N) is 1. The van der Waals surface area contributed by atoms with Gasteiger partial charge in [0.15, 0.2) is 5.82 Å². The van der Waals surface area contributed by atoms with Crippen LogP contribution in [0.2, 0.25) is 0 Å². The van der Waals surface area contributed by atoms with Gasteiger partial charge >= 0.3 is 0 Å². The van der Waals surface area contributed by atoms with Gasteiger partial charge in [0.1, 0.15) is 0 Å². The minimum atomic E-state index is -0.429. The maximum absolute atomic E-state index is 10.6. The summed E-state index contributed by atoms with van der Waals surface area (Å²) < 4.78 is 0. The molecule has 1 aliphatic heterocycles. The Morgan fingerprint density at radius 1 is 1.40 bits per heavy atom. The fraction of sp³-hybridized carbons (Fsp3) is 0.333. The number of nitrogens with one attached hydrogen (secondary N) is 1. The number of rotatable bonds is 3. The average Bonchev–Trinajstić information content (AvgIpc) is 3.07. The molecule has 2 aromatic rings. The molecular formula is C12H14N6O2. The normalized spacial score (nSPS) is 18.4. The maximum atomic E-state index is 10.6. The Morgan fingerprint density at radius 2 is 2.15 bits per heavy atom. The van der Waals surface area contributed by atoms with Crippen LogP contribution in [0.4, 0.5) is 11.6 Å². The van der Waals surface area contributed by atoms with Crippen LogP contribution < -0.4 is 10.6 Å². The summed E-state index contributed by atoms with van der Waals surface area (Å²) in [6.07, 6.45) is 0.932. The van der Waals surface area contributed by atoms with Crippen LogP contribution in [0.25, 0.3) is 11.4 Å². The number of aromatic nitrogens is 3. The molecule has 1 unspecified atom stereocenters. The third-order valence-corrected chi connectivity index (χ3v) is 3.33. The third-order valence-electron chi connectivity index (χ3n) is 3.33. The van der Waals surface area contributed by atoms with Crippen molar-refractivity contribution in [2.45, 2.75) is 12.5 Å². The van der Waals surface area contributed by atoms with Gasteiger partial charge in [-0.15, -0.1) is 5.10 Å². The molecule has 1 aromatic carbocycles. The highest BCUT2D eigenvalue weighted by atomic mass is 16.6. The highest BCUT2D eigenvalue weighted by Crippen LogP contribution is 2.22. The van der Waals surface area contributed by atoms with Crippen molar-refractivity contribution >= 4 is 11.6 Å². The lowest BCUT2D eigenvalue weighted by atomic mass is 10.2. The van der Waals surface area contributed by atoms with Crippen molar-refractivity contribution in [2.75, 3.05) is 18.0 Å². The molecular weight excluding hydrogens is 260 g/mol. The minimum absolute atomic E-state index is 0.0546. The smallest absolute Gasteiger partial charge is 0.269 e. The first-order valence-corrected chi connectivity index (χ1v) is 6.31. The summed E-state index contributed by atoms with van der Waals surface area (Å²) in [6, 6.07) is 6.36. The largest absolute Gasteiger partial charge is 0.338 e. The molecule has 2 heterocycles. The van der Waals surface area contributed by atoms with Crippen LogP contribution in [0.3, 0.4) is 0 Å². The maximum Gasteiger partial charge on any atom is 0.269 e. The molecule has 3 rings (SSSR count). The number of aromatic amines is 1. The van der Waals surface area contributed by atoms with E-state index in [1.54, 1.807) is 12.1 Å². The standard InChI is InChI=1S/C12H14N6O2/c13-9-5-6-17(7-9)12-14-11(15-16-12)8-1-3-10(4-2-8)18(19)20/h1-4,9H,5-7,13H2,(H,14,15,16). The number of hydrogen-bond donors (Lipinski definition) is 2. The van der Waals surface area contributed by atoms with Crippen molar-refractivity contribution in [3.05, 3.63) is 34.4 Å². The Morgan fingerprint density at radius 3 is 2.75 bits per heavy atom. The van der Waals surface area contributed by atoms with Gasteiger partial charge in [-0.25, -0.2) is 0 Å². The van der Waals surface area contributed by atoms with Crippen LogP contribution in [-0.2, 0) is 0 Å². The molecule has 1 aromatic heterocycles. The number of anilines is 1. The van der Waals surface area contributed by atoms with Gasteiger partial charge in [-0.2, -0.15) is 4.98 Å². The molecule has 20 heavy (non-hydrogen) atoms. The molecule has 104 valence electrons. The van der Waals surface area contributed by atoms with Crippen molar-refractivity contribution < 1.29 is 4.92 Å². The van der Waals surface area contributed by atoms with Crippen molar-refractivity contribution in [1.82, 2.24) is 15.2 Å². The number of hydrogen-bond acceptors (Lipinski definition) is 6. The van der Waals surface area contributed by atoms with E-state index in [0.717, 1.165) is 25.1 Å². The number of non-ortho nitro benzene ring substituents is 1. The SMILES string of the molecule is NC1CCN(c2n[nH]c(-c3ccc([N+](=O)[O-])cc3)n2)C1. The van der Waals surface area contributed by atoms with Crippen LogP contribution in [0.15, 0.2) is 24.3 Å². The fourth-order valence-corrected chi connectivity index (χ4v) is 2.23. The van der Waals surface area contributed by atoms with E-state index in [4.69, 9.17) is 5.73 Å². The summed E-state index contributed by atoms with van der Waals surface area (Å²) >= 11 is 0. The zero-order chi connectivity index (χ0) is 14.1. The number of H-pyrrole nitrogens is 1. The lowest BCUT2D eigenvalue weighted by Crippen LogP contribution is -2.26. The summed E-state index contributed by atoms with van der Waals surface area (Å²) in [5, 5.41) is 17.6. The number of nitro groups is 1. The van der Waals surface area contributed by atoms with Crippen LogP contribution >= 0.6 is 0 Å². The Bertz CT molecular complexity index is 623. The third kappa shape index (κ3) is 2.32. The Kier molecular flexibility index (Phi) is 3.07. The summed E-state index contributed by atoms with van der Waals surface area (Å²) in [4.78, 5) is 16.6. The molecule has 1 atom stereocenters. The zero-order valence-electron chi connectivity index (χ0n) is 10.7. The van der Waals surface area contributed by atoms with Gasteiger partial charge in [-0.3, -0.25) is 15.2 Å². The van der Waals surface area contributed by atoms with E-state index < -0.39 is 4.92 Å². The second-order valence-electron chi connectivity index (χ2n) is 4.78. The minimum Gasteiger partial charge on any atom is -0.338 e. The summed E-state index contributed by atoms with van der Waals surface area (Å²) in [7, 11) is 0. The van der Waals surface area contributed by atoms with Gasteiger partial charge in [0, 0.05) is 36.8 Å². The molecule has 1 aliphatic rings. The second-order valence-corrected chi connectivity index (χ2v) is 4.78. The zero-order valence-corrected chi connectivity index (χ0v) is 10.7. The van der Waals surface area contributed by atoms with E-state index in [0.29, 0.717) is 11.8 Å². The molecule has 0 bridgehead atoms. The van der Waals surface area contributed by atoms with Crippen molar-refractivity contribution in [3.63, 3.8) is 0 Å². The Balaban J connectivity index is 1.81. The first-order chi connectivity index (χ1) is 9.63. The van der Waals surface area contributed by atoms with E-state index in [1.807, 2.05) is 4.90 Å². The molecule has 3 N–H and O–H groups in total. The van der Waals surface area contributed by atoms with Crippen molar-refractivity contribution in [2.24, 2.45) is 5.73 Å². The number of nitro benzene ring substituents is 1. The lowest BCUT2D eigenvalue weighted by Gasteiger charge is -2.11. The molecule has 0 radical (unpaired) electrons. The molecule has 8 heteroatoms. The predicted octanol–water partition coefficient (Wildman–Crippen LogP) is 0.917. The molecule has 0 aliphatic carbocycles. The van der Waals surface area contributed by atoms with Gasteiger partial charge in [0.2, 0.25) is 5.95 Å². The lowest BCUT2D eigenvalue weighted by molar-refractivity contribution is -0.384. The second kappa shape index (κ2) is 4.89.